The van der Waals surface area contributed by atoms with Gasteiger partial charge in [-0.2, -0.15) is 0 Å². The Labute approximate surface area is 101 Å². The van der Waals surface area contributed by atoms with Crippen molar-refractivity contribution in [1.82, 2.24) is 0 Å². The van der Waals surface area contributed by atoms with E-state index in [1.54, 1.807) is 0 Å². The Hall–Kier alpha value is 0.430. The summed E-state index contributed by atoms with van der Waals surface area (Å²) in [6.45, 7) is -0.0129. The Balaban J connectivity index is 0.00000144. The molecule has 0 spiro atoms. The van der Waals surface area contributed by atoms with Crippen molar-refractivity contribution < 1.29 is 44.6 Å². The van der Waals surface area contributed by atoms with Crippen molar-refractivity contribution in [3.8, 4) is 0 Å². The van der Waals surface area contributed by atoms with Crippen LogP contribution in [-0.4, -0.2) is 17.7 Å². The molecule has 0 unspecified atom stereocenters. The molecule has 0 saturated heterocycles. The third-order valence-electron chi connectivity index (χ3n) is 2.77. The van der Waals surface area contributed by atoms with Crippen molar-refractivity contribution >= 4 is 5.97 Å². The number of rotatable bonds is 3. The fourth-order valence-electron chi connectivity index (χ4n) is 2.00. The third-order valence-corrected chi connectivity index (χ3v) is 2.77. The fourth-order valence-corrected chi connectivity index (χ4v) is 2.00. The zero-order valence-electron chi connectivity index (χ0n) is 8.21. The summed E-state index contributed by atoms with van der Waals surface area (Å²) in [6.07, 6.45) is 4.91. The van der Waals surface area contributed by atoms with Crippen molar-refractivity contribution in [1.29, 1.82) is 0 Å². The first-order chi connectivity index (χ1) is 5.68. The molecule has 0 aromatic carbocycles. The van der Waals surface area contributed by atoms with Crippen molar-refractivity contribution in [2.75, 3.05) is 6.61 Å². The van der Waals surface area contributed by atoms with E-state index in [0.29, 0.717) is 0 Å². The minimum atomic E-state index is -1.04. The van der Waals surface area contributed by atoms with Gasteiger partial charge < -0.3 is 15.0 Å². The molecule has 13 heavy (non-hydrogen) atoms. The molecule has 1 fully saturated rings. The maximum Gasteiger partial charge on any atom is 1.00 e. The van der Waals surface area contributed by atoms with E-state index in [1.165, 1.54) is 0 Å². The predicted molar refractivity (Wildman–Crippen MR) is 42.2 cm³/mol. The summed E-state index contributed by atoms with van der Waals surface area (Å²) in [7, 11) is 0. The van der Waals surface area contributed by atoms with Gasteiger partial charge in [0.2, 0.25) is 0 Å². The molecule has 0 radical (unpaired) electrons. The minimum Gasteiger partial charge on any atom is -0.550 e. The van der Waals surface area contributed by atoms with Crippen LogP contribution in [0.3, 0.4) is 0 Å². The monoisotopic (exact) mass is 194 g/mol. The van der Waals surface area contributed by atoms with Gasteiger partial charge in [0.15, 0.2) is 0 Å². The second-order valence-corrected chi connectivity index (χ2v) is 3.77. The van der Waals surface area contributed by atoms with Crippen LogP contribution >= 0.6 is 0 Å². The average molecular weight is 194 g/mol. The van der Waals surface area contributed by atoms with Gasteiger partial charge in [-0.1, -0.05) is 19.3 Å². The summed E-state index contributed by atoms with van der Waals surface area (Å²) in [5.41, 5.74) is -0.364. The van der Waals surface area contributed by atoms with Gasteiger partial charge >= 0.3 is 29.6 Å². The van der Waals surface area contributed by atoms with Gasteiger partial charge in [-0.05, 0) is 24.7 Å². The van der Waals surface area contributed by atoms with E-state index in [2.05, 4.69) is 0 Å². The molecule has 0 bridgehead atoms. The van der Waals surface area contributed by atoms with E-state index in [9.17, 15) is 9.90 Å². The van der Waals surface area contributed by atoms with Crippen LogP contribution in [0, 0.1) is 5.41 Å². The molecule has 0 aromatic heterocycles. The summed E-state index contributed by atoms with van der Waals surface area (Å²) < 4.78 is 0. The van der Waals surface area contributed by atoms with Crippen LogP contribution in [0.25, 0.3) is 0 Å². The van der Waals surface area contributed by atoms with Gasteiger partial charge in [0.05, 0.1) is 0 Å². The number of hydrogen-bond donors (Lipinski definition) is 1. The quantitative estimate of drug-likeness (QED) is 0.489. The maximum absolute atomic E-state index is 10.4. The number of hydrogen-bond acceptors (Lipinski definition) is 3. The van der Waals surface area contributed by atoms with Crippen LogP contribution in [0.1, 0.15) is 38.5 Å². The van der Waals surface area contributed by atoms with Crippen LogP contribution in [-0.2, 0) is 4.79 Å². The summed E-state index contributed by atoms with van der Waals surface area (Å²) >= 11 is 0. The van der Waals surface area contributed by atoms with Gasteiger partial charge in [0, 0.05) is 12.6 Å². The zero-order chi connectivity index (χ0) is 9.03. The summed E-state index contributed by atoms with van der Waals surface area (Å²) in [4.78, 5) is 10.4. The molecule has 0 heterocycles. The molecule has 0 aliphatic heterocycles. The van der Waals surface area contributed by atoms with Crippen LogP contribution in [0.4, 0.5) is 0 Å². The SMILES string of the molecule is O=C([O-])CC1(CO)CCCCC1.[Na+]. The number of carboxylic acid groups (broad SMARTS) is 1. The number of carbonyl (C=O) groups is 1. The van der Waals surface area contributed by atoms with Crippen LogP contribution in [0.15, 0.2) is 0 Å². The third kappa shape index (κ3) is 3.98. The summed E-state index contributed by atoms with van der Waals surface area (Å²) in [5.74, 6) is -1.04. The number of carboxylic acids is 1. The molecular formula is C9H15NaO3. The Kier molecular flexibility index (Phi) is 6.21. The fraction of sp³-hybridized carbons (Fsp3) is 0.889. The minimum absolute atomic E-state index is 0. The average Bonchev–Trinajstić information content (AvgIpc) is 2.05. The molecule has 0 atom stereocenters. The molecule has 3 nitrogen and oxygen atoms in total. The van der Waals surface area contributed by atoms with Crippen LogP contribution < -0.4 is 34.7 Å². The van der Waals surface area contributed by atoms with E-state index in [-0.39, 0.29) is 48.0 Å². The van der Waals surface area contributed by atoms with Gasteiger partial charge in [-0.25, -0.2) is 0 Å². The Morgan fingerprint density at radius 2 is 1.85 bits per heavy atom. The predicted octanol–water partition coefficient (Wildman–Crippen LogP) is -2.93. The molecule has 1 saturated carbocycles. The number of aliphatic carboxylic acids is 1. The first-order valence-electron chi connectivity index (χ1n) is 4.49. The van der Waals surface area contributed by atoms with E-state index in [1.807, 2.05) is 0 Å². The maximum atomic E-state index is 10.4. The number of aliphatic hydroxyl groups excluding tert-OH is 1. The first-order valence-corrected chi connectivity index (χ1v) is 4.49. The number of aliphatic hydroxyl groups is 1. The topological polar surface area (TPSA) is 60.4 Å². The van der Waals surface area contributed by atoms with E-state index in [4.69, 9.17) is 5.11 Å². The summed E-state index contributed by atoms with van der Waals surface area (Å²) in [6, 6.07) is 0. The first kappa shape index (κ1) is 13.4. The Bertz CT molecular complexity index is 164. The second kappa shape index (κ2) is 6.02. The van der Waals surface area contributed by atoms with Gasteiger partial charge in [0.1, 0.15) is 0 Å². The second-order valence-electron chi connectivity index (χ2n) is 3.77. The van der Waals surface area contributed by atoms with Crippen molar-refractivity contribution in [3.05, 3.63) is 0 Å². The normalized spacial score (nSPS) is 20.4. The van der Waals surface area contributed by atoms with Gasteiger partial charge in [0.25, 0.3) is 0 Å². The van der Waals surface area contributed by atoms with E-state index in [0.717, 1.165) is 32.1 Å². The molecule has 1 aliphatic rings. The van der Waals surface area contributed by atoms with Crippen LogP contribution in [0.2, 0.25) is 0 Å². The van der Waals surface area contributed by atoms with Crippen molar-refractivity contribution in [3.63, 3.8) is 0 Å². The molecule has 4 heteroatoms. The van der Waals surface area contributed by atoms with Gasteiger partial charge in [-0.15, -0.1) is 0 Å². The largest absolute Gasteiger partial charge is 1.00 e. The van der Waals surface area contributed by atoms with Crippen molar-refractivity contribution in [2.45, 2.75) is 38.5 Å². The molecule has 1 rings (SSSR count). The Morgan fingerprint density at radius 1 is 1.31 bits per heavy atom. The Morgan fingerprint density at radius 3 is 2.23 bits per heavy atom. The summed E-state index contributed by atoms with van der Waals surface area (Å²) in [5, 5.41) is 19.5. The molecule has 0 aromatic rings. The van der Waals surface area contributed by atoms with E-state index < -0.39 is 5.97 Å². The van der Waals surface area contributed by atoms with Gasteiger partial charge in [-0.3, -0.25) is 0 Å². The standard InChI is InChI=1S/C9H16O3.Na/c10-7-9(6-8(11)12)4-2-1-3-5-9;/h10H,1-7H2,(H,11,12);/q;+1/p-1. The number of carbonyl (C=O) groups excluding carboxylic acids is 1. The molecular weight excluding hydrogens is 179 g/mol. The smallest absolute Gasteiger partial charge is 0.550 e. The molecule has 70 valence electrons. The van der Waals surface area contributed by atoms with Crippen LogP contribution in [0.5, 0.6) is 0 Å². The zero-order valence-corrected chi connectivity index (χ0v) is 10.2. The molecule has 1 N–H and O–H groups in total. The molecule has 1 aliphatic carbocycles. The van der Waals surface area contributed by atoms with E-state index >= 15 is 0 Å². The van der Waals surface area contributed by atoms with Crippen molar-refractivity contribution in [2.24, 2.45) is 5.41 Å². The molecule has 0 amide bonds.